The van der Waals surface area contributed by atoms with Gasteiger partial charge in [-0.25, -0.2) is 4.79 Å². The van der Waals surface area contributed by atoms with Crippen molar-refractivity contribution in [3.8, 4) is 5.75 Å². The predicted octanol–water partition coefficient (Wildman–Crippen LogP) is 2.25. The van der Waals surface area contributed by atoms with E-state index in [1.165, 1.54) is 11.8 Å². The first-order valence-electron chi connectivity index (χ1n) is 6.60. The lowest BCUT2D eigenvalue weighted by molar-refractivity contribution is -0.159. The third-order valence-electron chi connectivity index (χ3n) is 3.59. The highest BCUT2D eigenvalue weighted by atomic mass is 16.5. The summed E-state index contributed by atoms with van der Waals surface area (Å²) in [4.78, 5) is 25.1. The minimum absolute atomic E-state index is 0.257. The zero-order valence-corrected chi connectivity index (χ0v) is 12.3. The number of hydrogen-bond acceptors (Lipinski definition) is 3. The summed E-state index contributed by atoms with van der Waals surface area (Å²) in [6.45, 7) is 5.27. The molecule has 0 radical (unpaired) electrons. The molecule has 1 aromatic carbocycles. The highest BCUT2D eigenvalue weighted by Gasteiger charge is 2.45. The third kappa shape index (κ3) is 2.61. The number of aliphatic carboxylic acids is 1. The van der Waals surface area contributed by atoms with E-state index in [1.807, 2.05) is 0 Å². The standard InChI is InChI=1S/C15H21NO4/c1-5-15(14(18)19,16(6-2)11(3)17)12-7-9-13(20-4)10-8-12/h7-10H,5-6H2,1-4H3,(H,18,19). The van der Waals surface area contributed by atoms with Crippen molar-refractivity contribution in [3.63, 3.8) is 0 Å². The van der Waals surface area contributed by atoms with Gasteiger partial charge in [0.25, 0.3) is 0 Å². The van der Waals surface area contributed by atoms with Crippen LogP contribution in [0.25, 0.3) is 0 Å². The molecule has 0 aliphatic rings. The van der Waals surface area contributed by atoms with E-state index in [0.717, 1.165) is 0 Å². The second-order valence-corrected chi connectivity index (χ2v) is 4.51. The van der Waals surface area contributed by atoms with E-state index >= 15 is 0 Å². The second-order valence-electron chi connectivity index (χ2n) is 4.51. The van der Waals surface area contributed by atoms with Crippen LogP contribution in [0.15, 0.2) is 24.3 Å². The van der Waals surface area contributed by atoms with Gasteiger partial charge in [-0.1, -0.05) is 19.1 Å². The average Bonchev–Trinajstić information content (AvgIpc) is 2.44. The monoisotopic (exact) mass is 279 g/mol. The molecule has 110 valence electrons. The molecule has 0 aliphatic carbocycles. The van der Waals surface area contributed by atoms with Gasteiger partial charge in [-0.3, -0.25) is 4.79 Å². The maximum atomic E-state index is 11.9. The van der Waals surface area contributed by atoms with Crippen LogP contribution in [0.1, 0.15) is 32.8 Å². The SMILES string of the molecule is CCN(C(C)=O)C(CC)(C(=O)O)c1ccc(OC)cc1. The van der Waals surface area contributed by atoms with Crippen molar-refractivity contribution in [2.75, 3.05) is 13.7 Å². The van der Waals surface area contributed by atoms with Gasteiger partial charge in [0.1, 0.15) is 5.75 Å². The molecule has 0 saturated carbocycles. The van der Waals surface area contributed by atoms with Crippen molar-refractivity contribution in [1.29, 1.82) is 0 Å². The highest BCUT2D eigenvalue weighted by Crippen LogP contribution is 2.33. The molecule has 1 amide bonds. The second kappa shape index (κ2) is 6.41. The van der Waals surface area contributed by atoms with Crippen molar-refractivity contribution < 1.29 is 19.4 Å². The fourth-order valence-corrected chi connectivity index (χ4v) is 2.57. The van der Waals surface area contributed by atoms with Gasteiger partial charge < -0.3 is 14.7 Å². The lowest BCUT2D eigenvalue weighted by Crippen LogP contribution is -2.53. The van der Waals surface area contributed by atoms with Crippen molar-refractivity contribution in [2.45, 2.75) is 32.7 Å². The molecule has 0 aliphatic heterocycles. The number of hydrogen-bond donors (Lipinski definition) is 1. The van der Waals surface area contributed by atoms with Gasteiger partial charge in [0, 0.05) is 13.5 Å². The number of carbonyl (C=O) groups is 2. The van der Waals surface area contributed by atoms with Crippen LogP contribution in [-0.4, -0.2) is 35.5 Å². The average molecular weight is 279 g/mol. The largest absolute Gasteiger partial charge is 0.497 e. The third-order valence-corrected chi connectivity index (χ3v) is 3.59. The molecule has 0 spiro atoms. The zero-order chi connectivity index (χ0) is 15.3. The Morgan fingerprint density at radius 2 is 1.80 bits per heavy atom. The molecule has 0 heterocycles. The number of amides is 1. The molecule has 1 aromatic rings. The van der Waals surface area contributed by atoms with Crippen LogP contribution < -0.4 is 4.74 Å². The van der Waals surface area contributed by atoms with Crippen molar-refractivity contribution in [3.05, 3.63) is 29.8 Å². The van der Waals surface area contributed by atoms with Crippen molar-refractivity contribution in [2.24, 2.45) is 0 Å². The number of benzene rings is 1. The normalized spacial score (nSPS) is 13.4. The van der Waals surface area contributed by atoms with Gasteiger partial charge in [-0.2, -0.15) is 0 Å². The van der Waals surface area contributed by atoms with E-state index in [-0.39, 0.29) is 5.91 Å². The van der Waals surface area contributed by atoms with Crippen LogP contribution in [0.5, 0.6) is 5.75 Å². The van der Waals surface area contributed by atoms with Crippen LogP contribution in [-0.2, 0) is 15.1 Å². The molecule has 5 nitrogen and oxygen atoms in total. The number of carbonyl (C=O) groups excluding carboxylic acids is 1. The topological polar surface area (TPSA) is 66.8 Å². The lowest BCUT2D eigenvalue weighted by Gasteiger charge is -2.39. The number of rotatable bonds is 6. The molecule has 1 N–H and O–H groups in total. The van der Waals surface area contributed by atoms with E-state index < -0.39 is 11.5 Å². The van der Waals surface area contributed by atoms with Gasteiger partial charge in [-0.05, 0) is 31.0 Å². The van der Waals surface area contributed by atoms with Crippen molar-refractivity contribution in [1.82, 2.24) is 4.90 Å². The Hall–Kier alpha value is -2.04. The van der Waals surface area contributed by atoms with Gasteiger partial charge in [-0.15, -0.1) is 0 Å². The van der Waals surface area contributed by atoms with Gasteiger partial charge >= 0.3 is 5.97 Å². The Labute approximate surface area is 119 Å². The van der Waals surface area contributed by atoms with E-state index in [1.54, 1.807) is 45.2 Å². The highest BCUT2D eigenvalue weighted by molar-refractivity contribution is 5.87. The molecule has 0 fully saturated rings. The number of carboxylic acids is 1. The fraction of sp³-hybridized carbons (Fsp3) is 0.467. The lowest BCUT2D eigenvalue weighted by atomic mass is 9.85. The number of nitrogens with zero attached hydrogens (tertiary/aromatic N) is 1. The molecular formula is C15H21NO4. The van der Waals surface area contributed by atoms with E-state index in [0.29, 0.717) is 24.3 Å². The zero-order valence-electron chi connectivity index (χ0n) is 12.3. The summed E-state index contributed by atoms with van der Waals surface area (Å²) in [6.07, 6.45) is 0.294. The molecule has 0 bridgehead atoms. The summed E-state index contributed by atoms with van der Waals surface area (Å²) >= 11 is 0. The quantitative estimate of drug-likeness (QED) is 0.867. The van der Waals surface area contributed by atoms with Crippen LogP contribution in [0.4, 0.5) is 0 Å². The minimum Gasteiger partial charge on any atom is -0.497 e. The number of methoxy groups -OCH3 is 1. The summed E-state index contributed by atoms with van der Waals surface area (Å²) in [5.74, 6) is -0.634. The molecule has 1 rings (SSSR count). The molecule has 0 aromatic heterocycles. The Morgan fingerprint density at radius 3 is 2.10 bits per heavy atom. The van der Waals surface area contributed by atoms with Crippen LogP contribution in [0.3, 0.4) is 0 Å². The van der Waals surface area contributed by atoms with Crippen molar-refractivity contribution >= 4 is 11.9 Å². The maximum Gasteiger partial charge on any atom is 0.334 e. The number of ether oxygens (including phenoxy) is 1. The van der Waals surface area contributed by atoms with Gasteiger partial charge in [0.15, 0.2) is 5.54 Å². The fourth-order valence-electron chi connectivity index (χ4n) is 2.57. The van der Waals surface area contributed by atoms with Crippen LogP contribution in [0, 0.1) is 0 Å². The van der Waals surface area contributed by atoms with Gasteiger partial charge in [0.05, 0.1) is 7.11 Å². The summed E-state index contributed by atoms with van der Waals surface area (Å²) < 4.78 is 5.08. The van der Waals surface area contributed by atoms with E-state index in [2.05, 4.69) is 0 Å². The molecule has 0 saturated heterocycles. The molecule has 1 unspecified atom stereocenters. The first kappa shape index (κ1) is 16.0. The van der Waals surface area contributed by atoms with Gasteiger partial charge in [0.2, 0.25) is 5.91 Å². The first-order chi connectivity index (χ1) is 9.43. The Kier molecular flexibility index (Phi) is 5.13. The smallest absolute Gasteiger partial charge is 0.334 e. The Balaban J connectivity index is 3.43. The predicted molar refractivity (Wildman–Crippen MR) is 75.7 cm³/mol. The van der Waals surface area contributed by atoms with Crippen LogP contribution in [0.2, 0.25) is 0 Å². The molecule has 20 heavy (non-hydrogen) atoms. The maximum absolute atomic E-state index is 11.9. The van der Waals surface area contributed by atoms with E-state index in [4.69, 9.17) is 4.74 Å². The number of likely N-dealkylation sites (N-methyl/N-ethyl adjacent to an activating group) is 1. The summed E-state index contributed by atoms with van der Waals surface area (Å²) in [6, 6.07) is 6.80. The summed E-state index contributed by atoms with van der Waals surface area (Å²) in [7, 11) is 1.55. The molecule has 1 atom stereocenters. The minimum atomic E-state index is -1.34. The summed E-state index contributed by atoms with van der Waals surface area (Å²) in [5.41, 5.74) is -0.766. The Morgan fingerprint density at radius 1 is 1.25 bits per heavy atom. The summed E-state index contributed by atoms with van der Waals surface area (Å²) in [5, 5.41) is 9.73. The Bertz CT molecular complexity index is 483. The first-order valence-corrected chi connectivity index (χ1v) is 6.60. The van der Waals surface area contributed by atoms with E-state index in [9.17, 15) is 14.7 Å². The van der Waals surface area contributed by atoms with Crippen LogP contribution >= 0.6 is 0 Å². The molecule has 5 heteroatoms. The molecular weight excluding hydrogens is 258 g/mol. The number of carboxylic acid groups (broad SMARTS) is 1.